The molecule has 0 radical (unpaired) electrons. The monoisotopic (exact) mass is 192 g/mol. The Morgan fingerprint density at radius 2 is 1.93 bits per heavy atom. The number of fused-ring (bicyclic) bond motifs is 1. The van der Waals surface area contributed by atoms with Gasteiger partial charge in [0.25, 0.3) is 0 Å². The molecular weight excluding hydrogens is 180 g/mol. The summed E-state index contributed by atoms with van der Waals surface area (Å²) in [6, 6.07) is 7.66. The van der Waals surface area contributed by atoms with E-state index in [2.05, 4.69) is 0 Å². The highest BCUT2D eigenvalue weighted by molar-refractivity contribution is 5.78. The lowest BCUT2D eigenvalue weighted by atomic mass is 9.80. The summed E-state index contributed by atoms with van der Waals surface area (Å²) in [6.07, 6.45) is 1.16. The molecule has 0 unspecified atom stereocenters. The number of carboxylic acid groups (broad SMARTS) is 1. The summed E-state index contributed by atoms with van der Waals surface area (Å²) in [5.74, 6) is -1.12. The molecule has 3 nitrogen and oxygen atoms in total. The van der Waals surface area contributed by atoms with Crippen LogP contribution < -0.4 is 0 Å². The molecule has 1 aliphatic rings. The van der Waals surface area contributed by atoms with Crippen molar-refractivity contribution in [1.82, 2.24) is 0 Å². The largest absolute Gasteiger partial charge is 0.479 e. The molecule has 74 valence electrons. The third kappa shape index (κ3) is 1.40. The van der Waals surface area contributed by atoms with Crippen LogP contribution in [0.15, 0.2) is 24.3 Å². The van der Waals surface area contributed by atoms with Crippen LogP contribution in [0.5, 0.6) is 0 Å². The van der Waals surface area contributed by atoms with E-state index < -0.39 is 11.6 Å². The second kappa shape index (κ2) is 3.10. The SMILES string of the molecule is O=C(O)[C@@]1(O)CCc2ccccc2C1. The molecule has 0 saturated heterocycles. The van der Waals surface area contributed by atoms with Gasteiger partial charge in [0.15, 0.2) is 5.60 Å². The number of carbonyl (C=O) groups is 1. The Hall–Kier alpha value is -1.35. The Kier molecular flexibility index (Phi) is 2.04. The first-order chi connectivity index (χ1) is 6.62. The van der Waals surface area contributed by atoms with E-state index in [1.165, 1.54) is 0 Å². The first-order valence-electron chi connectivity index (χ1n) is 4.64. The molecule has 0 aromatic heterocycles. The van der Waals surface area contributed by atoms with Gasteiger partial charge in [0, 0.05) is 6.42 Å². The van der Waals surface area contributed by atoms with Gasteiger partial charge in [-0.2, -0.15) is 0 Å². The molecule has 0 bridgehead atoms. The zero-order valence-electron chi connectivity index (χ0n) is 7.73. The van der Waals surface area contributed by atoms with Crippen molar-refractivity contribution in [3.63, 3.8) is 0 Å². The molecule has 0 fully saturated rings. The molecule has 1 aromatic carbocycles. The number of benzene rings is 1. The van der Waals surface area contributed by atoms with E-state index in [0.29, 0.717) is 12.8 Å². The van der Waals surface area contributed by atoms with E-state index in [4.69, 9.17) is 5.11 Å². The lowest BCUT2D eigenvalue weighted by Gasteiger charge is -2.29. The average Bonchev–Trinajstić information content (AvgIpc) is 2.17. The number of hydrogen-bond donors (Lipinski definition) is 2. The van der Waals surface area contributed by atoms with Gasteiger partial charge in [-0.3, -0.25) is 0 Å². The summed E-state index contributed by atoms with van der Waals surface area (Å²) in [4.78, 5) is 10.8. The predicted molar refractivity (Wildman–Crippen MR) is 51.1 cm³/mol. The van der Waals surface area contributed by atoms with Crippen molar-refractivity contribution in [2.45, 2.75) is 24.9 Å². The van der Waals surface area contributed by atoms with Gasteiger partial charge in [-0.25, -0.2) is 4.79 Å². The molecule has 1 aliphatic carbocycles. The number of hydrogen-bond acceptors (Lipinski definition) is 2. The molecule has 0 amide bonds. The number of aliphatic hydroxyl groups is 1. The first-order valence-corrected chi connectivity index (χ1v) is 4.64. The number of aliphatic carboxylic acids is 1. The van der Waals surface area contributed by atoms with E-state index in [1.54, 1.807) is 0 Å². The van der Waals surface area contributed by atoms with E-state index in [1.807, 2.05) is 24.3 Å². The summed E-state index contributed by atoms with van der Waals surface area (Å²) in [7, 11) is 0. The Morgan fingerprint density at radius 1 is 1.29 bits per heavy atom. The molecule has 0 saturated carbocycles. The standard InChI is InChI=1S/C11H12O3/c12-10(13)11(14)6-5-8-3-1-2-4-9(8)7-11/h1-4,14H,5-7H2,(H,12,13)/t11-/m1/s1. The highest BCUT2D eigenvalue weighted by Gasteiger charge is 2.38. The minimum absolute atomic E-state index is 0.221. The Labute approximate surface area is 82.0 Å². The van der Waals surface area contributed by atoms with Crippen LogP contribution >= 0.6 is 0 Å². The number of aryl methyl sites for hydroxylation is 1. The van der Waals surface area contributed by atoms with Gasteiger partial charge >= 0.3 is 5.97 Å². The molecule has 0 heterocycles. The topological polar surface area (TPSA) is 57.5 Å². The van der Waals surface area contributed by atoms with Crippen LogP contribution in [0.2, 0.25) is 0 Å². The molecule has 14 heavy (non-hydrogen) atoms. The lowest BCUT2D eigenvalue weighted by Crippen LogP contribution is -2.43. The van der Waals surface area contributed by atoms with E-state index >= 15 is 0 Å². The highest BCUT2D eigenvalue weighted by Crippen LogP contribution is 2.28. The minimum atomic E-state index is -1.56. The third-order valence-corrected chi connectivity index (χ3v) is 2.81. The van der Waals surface area contributed by atoms with Crippen molar-refractivity contribution >= 4 is 5.97 Å². The Morgan fingerprint density at radius 3 is 2.57 bits per heavy atom. The predicted octanol–water partition coefficient (Wildman–Crippen LogP) is 0.991. The fourth-order valence-electron chi connectivity index (χ4n) is 1.90. The number of carboxylic acids is 1. The Bertz CT molecular complexity index is 373. The zero-order chi connectivity index (χ0) is 10.2. The van der Waals surface area contributed by atoms with Crippen molar-refractivity contribution in [3.05, 3.63) is 35.4 Å². The minimum Gasteiger partial charge on any atom is -0.479 e. The second-order valence-corrected chi connectivity index (χ2v) is 3.78. The molecule has 1 atom stereocenters. The van der Waals surface area contributed by atoms with Crippen LogP contribution in [-0.4, -0.2) is 21.8 Å². The van der Waals surface area contributed by atoms with Crippen LogP contribution in [0.3, 0.4) is 0 Å². The molecule has 3 heteroatoms. The smallest absolute Gasteiger partial charge is 0.336 e. The summed E-state index contributed by atoms with van der Waals surface area (Å²) < 4.78 is 0. The molecule has 2 rings (SSSR count). The maximum absolute atomic E-state index is 10.8. The van der Waals surface area contributed by atoms with Gasteiger partial charge in [0.05, 0.1) is 0 Å². The van der Waals surface area contributed by atoms with E-state index in [9.17, 15) is 9.90 Å². The average molecular weight is 192 g/mol. The van der Waals surface area contributed by atoms with Gasteiger partial charge in [-0.1, -0.05) is 24.3 Å². The summed E-state index contributed by atoms with van der Waals surface area (Å²) in [6.45, 7) is 0. The van der Waals surface area contributed by atoms with Crippen molar-refractivity contribution in [3.8, 4) is 0 Å². The summed E-state index contributed by atoms with van der Waals surface area (Å²) in [5.41, 5.74) is 0.538. The number of rotatable bonds is 1. The summed E-state index contributed by atoms with van der Waals surface area (Å²) >= 11 is 0. The third-order valence-electron chi connectivity index (χ3n) is 2.81. The van der Waals surface area contributed by atoms with Crippen molar-refractivity contribution < 1.29 is 15.0 Å². The van der Waals surface area contributed by atoms with Crippen LogP contribution in [0.1, 0.15) is 17.5 Å². The molecule has 0 aliphatic heterocycles. The van der Waals surface area contributed by atoms with Gasteiger partial charge in [0.2, 0.25) is 0 Å². The van der Waals surface area contributed by atoms with E-state index in [0.717, 1.165) is 11.1 Å². The second-order valence-electron chi connectivity index (χ2n) is 3.78. The Balaban J connectivity index is 2.34. The van der Waals surface area contributed by atoms with Crippen LogP contribution in [0.4, 0.5) is 0 Å². The highest BCUT2D eigenvalue weighted by atomic mass is 16.4. The van der Waals surface area contributed by atoms with Gasteiger partial charge in [-0.05, 0) is 24.0 Å². The fraction of sp³-hybridized carbons (Fsp3) is 0.364. The van der Waals surface area contributed by atoms with Crippen LogP contribution in [0.25, 0.3) is 0 Å². The summed E-state index contributed by atoms with van der Waals surface area (Å²) in [5, 5.41) is 18.7. The van der Waals surface area contributed by atoms with Crippen LogP contribution in [0, 0.1) is 0 Å². The van der Waals surface area contributed by atoms with E-state index in [-0.39, 0.29) is 6.42 Å². The zero-order valence-corrected chi connectivity index (χ0v) is 7.73. The molecule has 0 spiro atoms. The maximum atomic E-state index is 10.8. The maximum Gasteiger partial charge on any atom is 0.336 e. The van der Waals surface area contributed by atoms with Crippen LogP contribution in [-0.2, 0) is 17.6 Å². The molecule has 1 aromatic rings. The normalized spacial score (nSPS) is 25.5. The fourth-order valence-corrected chi connectivity index (χ4v) is 1.90. The van der Waals surface area contributed by atoms with Gasteiger partial charge in [-0.15, -0.1) is 0 Å². The van der Waals surface area contributed by atoms with Gasteiger partial charge in [0.1, 0.15) is 0 Å². The molecular formula is C11H12O3. The molecule has 2 N–H and O–H groups in total. The van der Waals surface area contributed by atoms with Gasteiger partial charge < -0.3 is 10.2 Å². The van der Waals surface area contributed by atoms with Crippen molar-refractivity contribution in [2.75, 3.05) is 0 Å². The first kappa shape index (κ1) is 9.21. The lowest BCUT2D eigenvalue weighted by molar-refractivity contribution is -0.159. The quantitative estimate of drug-likeness (QED) is 0.697. The van der Waals surface area contributed by atoms with Crippen molar-refractivity contribution in [1.29, 1.82) is 0 Å². The van der Waals surface area contributed by atoms with Crippen molar-refractivity contribution in [2.24, 2.45) is 0 Å².